The minimum atomic E-state index is -0.679. The summed E-state index contributed by atoms with van der Waals surface area (Å²) in [5.41, 5.74) is 0. The summed E-state index contributed by atoms with van der Waals surface area (Å²) < 4.78 is 9.90. The van der Waals surface area contributed by atoms with Gasteiger partial charge in [0, 0.05) is 0 Å². The van der Waals surface area contributed by atoms with Gasteiger partial charge in [0.15, 0.2) is 0 Å². The average molecular weight is 309 g/mol. The second-order valence-electron chi connectivity index (χ2n) is 3.00. The minimum absolute atomic E-state index is 0.115. The third-order valence-electron chi connectivity index (χ3n) is 1.46. The molecular weight excluding hydrogens is 291 g/mol. The summed E-state index contributed by atoms with van der Waals surface area (Å²) in [4.78, 5) is 26.0. The van der Waals surface area contributed by atoms with Gasteiger partial charge in [0.1, 0.15) is 0 Å². The van der Waals surface area contributed by atoms with Crippen LogP contribution in [-0.4, -0.2) is 45.1 Å². The number of carbonyl (C=O) groups is 2. The van der Waals surface area contributed by atoms with Crippen LogP contribution in [0, 0.1) is 0 Å². The molecule has 0 rings (SSSR count). The van der Waals surface area contributed by atoms with Crippen molar-refractivity contribution in [3.05, 3.63) is 0 Å². The summed E-state index contributed by atoms with van der Waals surface area (Å²) in [7, 11) is 0. The van der Waals surface area contributed by atoms with Gasteiger partial charge >= 0.3 is 107 Å². The average Bonchev–Trinajstić information content (AvgIpc) is 2.32. The summed E-state index contributed by atoms with van der Waals surface area (Å²) in [5.74, 6) is 1.83. The fourth-order valence-electron chi connectivity index (χ4n) is 0.747. The number of aliphatic imine (C=N–C) groups is 1. The molecule has 0 atom stereocenters. The molecule has 0 saturated carbocycles. The normalized spacial score (nSPS) is 10.9. The van der Waals surface area contributed by atoms with Crippen LogP contribution >= 0.6 is 0 Å². The molecule has 2 amide bonds. The van der Waals surface area contributed by atoms with Gasteiger partial charge < -0.3 is 0 Å². The van der Waals surface area contributed by atoms with Crippen molar-refractivity contribution in [1.29, 1.82) is 0 Å². The predicted molar refractivity (Wildman–Crippen MR) is 65.5 cm³/mol. The molecule has 0 radical (unpaired) electrons. The van der Waals surface area contributed by atoms with E-state index in [0.717, 1.165) is 12.8 Å². The van der Waals surface area contributed by atoms with Gasteiger partial charge in [0.25, 0.3) is 0 Å². The first-order valence-electron chi connectivity index (χ1n) is 5.37. The second kappa shape index (κ2) is 10.1. The van der Waals surface area contributed by atoms with Crippen LogP contribution in [0.25, 0.3) is 0 Å². The molecular formula is C10H18N2O4Se. The third kappa shape index (κ3) is 8.71. The van der Waals surface area contributed by atoms with Crippen LogP contribution in [0.1, 0.15) is 26.7 Å². The molecule has 17 heavy (non-hydrogen) atoms. The van der Waals surface area contributed by atoms with Crippen LogP contribution < -0.4 is 5.32 Å². The van der Waals surface area contributed by atoms with Gasteiger partial charge in [-0.1, -0.05) is 0 Å². The summed E-state index contributed by atoms with van der Waals surface area (Å²) in [5, 5.41) is 2.42. The summed E-state index contributed by atoms with van der Waals surface area (Å²) in [6.45, 7) is 4.46. The van der Waals surface area contributed by atoms with Crippen LogP contribution in [0.5, 0.6) is 0 Å². The van der Waals surface area contributed by atoms with Crippen LogP contribution in [0.3, 0.4) is 0 Å². The van der Waals surface area contributed by atoms with Crippen molar-refractivity contribution in [2.75, 3.05) is 13.2 Å². The molecule has 0 unspecified atom stereocenters. The number of alkyl carbamates (subject to hydrolysis) is 1. The molecule has 0 spiro atoms. The number of nitrogens with zero attached hydrogens (tertiary/aromatic N) is 1. The molecule has 0 bridgehead atoms. The van der Waals surface area contributed by atoms with Crippen LogP contribution in [0.15, 0.2) is 4.99 Å². The number of amides is 2. The second-order valence-corrected chi connectivity index (χ2v) is 4.66. The Balaban J connectivity index is 4.16. The molecule has 0 aliphatic rings. The predicted octanol–water partition coefficient (Wildman–Crippen LogP) is 1.78. The summed E-state index contributed by atoms with van der Waals surface area (Å²) in [6.07, 6.45) is 0.217. The van der Waals surface area contributed by atoms with Crippen molar-refractivity contribution < 1.29 is 19.1 Å². The van der Waals surface area contributed by atoms with Crippen molar-refractivity contribution in [1.82, 2.24) is 5.32 Å². The van der Waals surface area contributed by atoms with Gasteiger partial charge in [-0.15, -0.1) is 0 Å². The molecule has 6 nitrogen and oxygen atoms in total. The Labute approximate surface area is 107 Å². The number of carbonyl (C=O) groups excluding carboxylic acids is 2. The van der Waals surface area contributed by atoms with E-state index in [1.165, 1.54) is 0 Å². The zero-order chi connectivity index (χ0) is 13.1. The molecule has 0 fully saturated rings. The fraction of sp³-hybridized carbons (Fsp3) is 0.700. The van der Waals surface area contributed by atoms with Gasteiger partial charge in [0.05, 0.1) is 0 Å². The van der Waals surface area contributed by atoms with Gasteiger partial charge in [-0.25, -0.2) is 0 Å². The molecule has 0 aliphatic heterocycles. The van der Waals surface area contributed by atoms with Crippen LogP contribution in [-0.2, 0) is 9.47 Å². The molecule has 0 aliphatic carbocycles. The number of nitrogens with one attached hydrogen (secondary N) is 1. The molecule has 98 valence electrons. The number of rotatable bonds is 5. The Hall–Kier alpha value is -1.07. The number of hydrogen-bond acceptors (Lipinski definition) is 4. The molecule has 0 aromatic carbocycles. The van der Waals surface area contributed by atoms with Gasteiger partial charge in [0.2, 0.25) is 0 Å². The van der Waals surface area contributed by atoms with E-state index in [-0.39, 0.29) is 15.0 Å². The summed E-state index contributed by atoms with van der Waals surface area (Å²) >= 11 is -0.115. The molecule has 7 heteroatoms. The van der Waals surface area contributed by atoms with Crippen molar-refractivity contribution in [2.24, 2.45) is 4.99 Å². The Kier molecular flexibility index (Phi) is 9.47. The zero-order valence-electron chi connectivity index (χ0n) is 10.3. The van der Waals surface area contributed by atoms with Crippen LogP contribution in [0.2, 0.25) is 5.82 Å². The van der Waals surface area contributed by atoms with Crippen molar-refractivity contribution in [3.63, 3.8) is 0 Å². The van der Waals surface area contributed by atoms with E-state index < -0.39 is 12.2 Å². The molecule has 0 heterocycles. The van der Waals surface area contributed by atoms with E-state index in [2.05, 4.69) is 10.3 Å². The number of hydrogen-bond donors (Lipinski definition) is 1. The molecule has 1 N–H and O–H groups in total. The molecule has 0 saturated heterocycles. The Bertz CT molecular complexity index is 281. The Morgan fingerprint density at radius 2 is 1.76 bits per heavy atom. The topological polar surface area (TPSA) is 77.0 Å². The first-order chi connectivity index (χ1) is 8.13. The first-order valence-corrected chi connectivity index (χ1v) is 7.94. The maximum atomic E-state index is 11.2. The van der Waals surface area contributed by atoms with Gasteiger partial charge in [-0.3, -0.25) is 0 Å². The molecule has 0 aromatic rings. The van der Waals surface area contributed by atoms with Crippen molar-refractivity contribution in [3.8, 4) is 0 Å². The van der Waals surface area contributed by atoms with E-state index in [0.29, 0.717) is 17.9 Å². The van der Waals surface area contributed by atoms with E-state index in [1.807, 2.05) is 19.7 Å². The van der Waals surface area contributed by atoms with E-state index >= 15 is 0 Å². The van der Waals surface area contributed by atoms with Crippen LogP contribution in [0.4, 0.5) is 9.59 Å². The van der Waals surface area contributed by atoms with Gasteiger partial charge in [-0.05, 0) is 0 Å². The Morgan fingerprint density at radius 1 is 1.18 bits per heavy atom. The van der Waals surface area contributed by atoms with E-state index in [1.54, 1.807) is 0 Å². The maximum absolute atomic E-state index is 11.2. The van der Waals surface area contributed by atoms with Gasteiger partial charge in [-0.2, -0.15) is 0 Å². The number of amidine groups is 1. The number of ether oxygens (including phenoxy) is 2. The van der Waals surface area contributed by atoms with E-state index in [9.17, 15) is 9.59 Å². The third-order valence-corrected chi connectivity index (χ3v) is 2.68. The van der Waals surface area contributed by atoms with Crippen molar-refractivity contribution in [2.45, 2.75) is 32.5 Å². The monoisotopic (exact) mass is 310 g/mol. The summed E-state index contributed by atoms with van der Waals surface area (Å²) in [6, 6.07) is 0. The van der Waals surface area contributed by atoms with Crippen molar-refractivity contribution >= 4 is 31.9 Å². The quantitative estimate of drug-likeness (QED) is 0.477. The Morgan fingerprint density at radius 3 is 2.29 bits per heavy atom. The van der Waals surface area contributed by atoms with E-state index in [4.69, 9.17) is 9.47 Å². The zero-order valence-corrected chi connectivity index (χ0v) is 12.0. The SMILES string of the molecule is CCCOC(=O)/N=C(/NC(=O)OCCC)[Se]C. The first kappa shape index (κ1) is 15.9. The molecule has 0 aromatic heterocycles. The standard InChI is InChI=1S/C10H18N2O4Se/c1-4-6-15-9(13)11-8(17-3)12-10(14)16-7-5-2/h4-7H2,1-3H3,(H,11,12,13,14). The fourth-order valence-corrected chi connectivity index (χ4v) is 1.48.